The number of nitrogens with zero attached hydrogens (tertiary/aromatic N) is 1. The summed E-state index contributed by atoms with van der Waals surface area (Å²) in [6, 6.07) is 12.7. The van der Waals surface area contributed by atoms with Gasteiger partial charge in [-0.3, -0.25) is 4.90 Å². The van der Waals surface area contributed by atoms with E-state index in [4.69, 9.17) is 5.14 Å². The first-order valence-electron chi connectivity index (χ1n) is 7.72. The highest BCUT2D eigenvalue weighted by Gasteiger charge is 2.30. The molecule has 1 fully saturated rings. The summed E-state index contributed by atoms with van der Waals surface area (Å²) in [4.78, 5) is 2.20. The zero-order valence-electron chi connectivity index (χ0n) is 12.8. The van der Waals surface area contributed by atoms with Crippen LogP contribution in [0.2, 0.25) is 0 Å². The molecule has 0 spiro atoms. The summed E-state index contributed by atoms with van der Waals surface area (Å²) < 4.78 is 23.0. The van der Waals surface area contributed by atoms with Crippen molar-refractivity contribution in [2.24, 2.45) is 5.14 Å². The first-order chi connectivity index (χ1) is 10.5. The van der Waals surface area contributed by atoms with Crippen LogP contribution in [-0.4, -0.2) is 31.7 Å². The fraction of sp³-hybridized carbons (Fsp3) is 0.412. The van der Waals surface area contributed by atoms with Gasteiger partial charge in [0.05, 0.1) is 5.25 Å². The Bertz CT molecular complexity index is 786. The van der Waals surface area contributed by atoms with Crippen LogP contribution in [0.1, 0.15) is 24.5 Å². The minimum atomic E-state index is -3.43. The summed E-state index contributed by atoms with van der Waals surface area (Å²) in [5.74, 6) is 0. The molecule has 0 radical (unpaired) electrons. The molecule has 1 aliphatic heterocycles. The van der Waals surface area contributed by atoms with Crippen molar-refractivity contribution in [3.63, 3.8) is 0 Å². The van der Waals surface area contributed by atoms with Crippen molar-refractivity contribution in [3.05, 3.63) is 47.5 Å². The second-order valence-corrected chi connectivity index (χ2v) is 7.86. The van der Waals surface area contributed by atoms with Crippen molar-refractivity contribution in [2.75, 3.05) is 13.1 Å². The van der Waals surface area contributed by atoms with Gasteiger partial charge in [-0.2, -0.15) is 0 Å². The van der Waals surface area contributed by atoms with Gasteiger partial charge >= 0.3 is 0 Å². The third kappa shape index (κ3) is 3.02. The molecule has 5 heteroatoms. The summed E-state index contributed by atoms with van der Waals surface area (Å²) >= 11 is 0. The fourth-order valence-corrected chi connectivity index (χ4v) is 4.18. The summed E-state index contributed by atoms with van der Waals surface area (Å²) in [6.45, 7) is 4.26. The maximum absolute atomic E-state index is 11.5. The van der Waals surface area contributed by atoms with Gasteiger partial charge in [-0.05, 0) is 41.3 Å². The molecule has 1 atom stereocenters. The van der Waals surface area contributed by atoms with Crippen molar-refractivity contribution in [1.29, 1.82) is 0 Å². The van der Waals surface area contributed by atoms with E-state index in [1.54, 1.807) is 0 Å². The van der Waals surface area contributed by atoms with Crippen molar-refractivity contribution in [2.45, 2.75) is 31.6 Å². The maximum Gasteiger partial charge on any atom is 0.213 e. The molecule has 0 bridgehead atoms. The lowest BCUT2D eigenvalue weighted by atomic mass is 9.97. The zero-order valence-corrected chi connectivity index (χ0v) is 13.6. The number of hydrogen-bond donors (Lipinski definition) is 1. The predicted octanol–water partition coefficient (Wildman–Crippen LogP) is 2.26. The number of hydrogen-bond acceptors (Lipinski definition) is 3. The van der Waals surface area contributed by atoms with Crippen LogP contribution in [0.25, 0.3) is 10.8 Å². The molecule has 0 aromatic heterocycles. The zero-order chi connectivity index (χ0) is 15.7. The Morgan fingerprint density at radius 2 is 2.00 bits per heavy atom. The smallest absolute Gasteiger partial charge is 0.213 e. The minimum Gasteiger partial charge on any atom is -0.298 e. The number of aryl methyl sites for hydroxylation is 1. The Labute approximate surface area is 132 Å². The van der Waals surface area contributed by atoms with E-state index in [1.807, 2.05) is 6.07 Å². The molecule has 0 saturated carbocycles. The molecule has 118 valence electrons. The lowest BCUT2D eigenvalue weighted by Gasteiger charge is -2.19. The summed E-state index contributed by atoms with van der Waals surface area (Å²) in [6.07, 6.45) is 1.61. The van der Waals surface area contributed by atoms with Crippen molar-refractivity contribution in [1.82, 2.24) is 4.90 Å². The second kappa shape index (κ2) is 5.99. The highest BCUT2D eigenvalue weighted by atomic mass is 32.2. The number of nitrogens with two attached hydrogens (primary N) is 1. The number of primary sulfonamides is 1. The standard InChI is InChI=1S/C17H22N2O2S/c1-2-13-7-8-14-5-3-4-6-16(14)17(13)12-19-10-9-15(11-19)22(18,20)21/h3-8,15H,2,9-12H2,1H3,(H2,18,20,21). The molecule has 1 unspecified atom stereocenters. The Morgan fingerprint density at radius 1 is 1.23 bits per heavy atom. The van der Waals surface area contributed by atoms with Crippen LogP contribution in [0.3, 0.4) is 0 Å². The summed E-state index contributed by atoms with van der Waals surface area (Å²) in [5, 5.41) is 7.36. The van der Waals surface area contributed by atoms with Gasteiger partial charge in [0.25, 0.3) is 0 Å². The topological polar surface area (TPSA) is 63.4 Å². The molecule has 4 nitrogen and oxygen atoms in total. The van der Waals surface area contributed by atoms with Gasteiger partial charge < -0.3 is 0 Å². The van der Waals surface area contributed by atoms with Gasteiger partial charge in [0.1, 0.15) is 0 Å². The molecule has 2 aromatic rings. The number of sulfonamides is 1. The normalized spacial score (nSPS) is 19.8. The second-order valence-electron chi connectivity index (χ2n) is 6.01. The molecule has 22 heavy (non-hydrogen) atoms. The lowest BCUT2D eigenvalue weighted by molar-refractivity contribution is 0.331. The first kappa shape index (κ1) is 15.5. The molecular formula is C17H22N2O2S. The summed E-state index contributed by atoms with van der Waals surface area (Å²) in [7, 11) is -3.43. The highest BCUT2D eigenvalue weighted by molar-refractivity contribution is 7.89. The molecule has 1 heterocycles. The van der Waals surface area contributed by atoms with Crippen LogP contribution < -0.4 is 5.14 Å². The summed E-state index contributed by atoms with van der Waals surface area (Å²) in [5.41, 5.74) is 2.65. The van der Waals surface area contributed by atoms with E-state index < -0.39 is 15.3 Å². The Balaban J connectivity index is 1.91. The number of likely N-dealkylation sites (tertiary alicyclic amines) is 1. The molecule has 0 amide bonds. The SMILES string of the molecule is CCc1ccc2ccccc2c1CN1CCC(S(N)(=O)=O)C1. The monoisotopic (exact) mass is 318 g/mol. The fourth-order valence-electron chi connectivity index (χ4n) is 3.33. The van der Waals surface area contributed by atoms with Gasteiger partial charge in [-0.25, -0.2) is 13.6 Å². The Hall–Kier alpha value is -1.43. The van der Waals surface area contributed by atoms with Gasteiger partial charge in [0.15, 0.2) is 0 Å². The van der Waals surface area contributed by atoms with Crippen LogP contribution in [0, 0.1) is 0 Å². The van der Waals surface area contributed by atoms with Crippen molar-refractivity contribution >= 4 is 20.8 Å². The van der Waals surface area contributed by atoms with Gasteiger partial charge in [-0.1, -0.05) is 43.3 Å². The van der Waals surface area contributed by atoms with Crippen LogP contribution >= 0.6 is 0 Å². The van der Waals surface area contributed by atoms with Gasteiger partial charge in [-0.15, -0.1) is 0 Å². The number of benzene rings is 2. The van der Waals surface area contributed by atoms with Gasteiger partial charge in [0, 0.05) is 13.1 Å². The minimum absolute atomic E-state index is 0.424. The van der Waals surface area contributed by atoms with Crippen LogP contribution in [-0.2, 0) is 23.0 Å². The van der Waals surface area contributed by atoms with Crippen molar-refractivity contribution in [3.8, 4) is 0 Å². The molecular weight excluding hydrogens is 296 g/mol. The molecule has 3 rings (SSSR count). The van der Waals surface area contributed by atoms with E-state index in [1.165, 1.54) is 21.9 Å². The molecule has 1 saturated heterocycles. The lowest BCUT2D eigenvalue weighted by Crippen LogP contribution is -2.31. The average Bonchev–Trinajstić information content (AvgIpc) is 2.96. The maximum atomic E-state index is 11.5. The van der Waals surface area contributed by atoms with Gasteiger partial charge in [0.2, 0.25) is 10.0 Å². The first-order valence-corrected chi connectivity index (χ1v) is 9.33. The predicted molar refractivity (Wildman–Crippen MR) is 90.1 cm³/mol. The molecule has 2 N–H and O–H groups in total. The van der Waals surface area contributed by atoms with E-state index in [9.17, 15) is 8.42 Å². The van der Waals surface area contributed by atoms with E-state index in [-0.39, 0.29) is 0 Å². The molecule has 1 aliphatic rings. The Kier molecular flexibility index (Phi) is 4.21. The third-order valence-corrected chi connectivity index (χ3v) is 5.91. The molecule has 0 aliphatic carbocycles. The third-order valence-electron chi connectivity index (χ3n) is 4.59. The Morgan fingerprint density at radius 3 is 2.68 bits per heavy atom. The van der Waals surface area contributed by atoms with E-state index in [0.717, 1.165) is 19.5 Å². The average molecular weight is 318 g/mol. The highest BCUT2D eigenvalue weighted by Crippen LogP contribution is 2.26. The van der Waals surface area contributed by atoms with E-state index in [0.29, 0.717) is 13.0 Å². The number of rotatable bonds is 4. The van der Waals surface area contributed by atoms with Crippen LogP contribution in [0.15, 0.2) is 36.4 Å². The van der Waals surface area contributed by atoms with Crippen LogP contribution in [0.4, 0.5) is 0 Å². The van der Waals surface area contributed by atoms with Crippen LogP contribution in [0.5, 0.6) is 0 Å². The van der Waals surface area contributed by atoms with E-state index in [2.05, 4.69) is 42.2 Å². The van der Waals surface area contributed by atoms with E-state index >= 15 is 0 Å². The number of fused-ring (bicyclic) bond motifs is 1. The largest absolute Gasteiger partial charge is 0.298 e. The molecule has 2 aromatic carbocycles. The van der Waals surface area contributed by atoms with Crippen molar-refractivity contribution < 1.29 is 8.42 Å². The quantitative estimate of drug-likeness (QED) is 0.940.